The van der Waals surface area contributed by atoms with Gasteiger partial charge in [-0.2, -0.15) is 5.10 Å². The summed E-state index contributed by atoms with van der Waals surface area (Å²) in [5.74, 6) is 0. The highest BCUT2D eigenvalue weighted by molar-refractivity contribution is 5.74. The molecule has 0 saturated carbocycles. The number of rotatable bonds is 7. The van der Waals surface area contributed by atoms with Crippen molar-refractivity contribution in [2.45, 2.75) is 64.8 Å². The third-order valence-corrected chi connectivity index (χ3v) is 5.45. The number of aryl methyl sites for hydroxylation is 1. The van der Waals surface area contributed by atoms with E-state index in [1.807, 2.05) is 28.9 Å². The number of carbonyl (C=O) groups is 1. The van der Waals surface area contributed by atoms with Crippen molar-refractivity contribution >= 4 is 6.03 Å². The van der Waals surface area contributed by atoms with Crippen LogP contribution in [0.3, 0.4) is 0 Å². The largest absolute Gasteiger partial charge is 0.377 e. The van der Waals surface area contributed by atoms with Gasteiger partial charge in [0, 0.05) is 57.1 Å². The molecule has 2 fully saturated rings. The number of hydrogen-bond acceptors (Lipinski definition) is 4. The Morgan fingerprint density at radius 3 is 2.77 bits per heavy atom. The maximum atomic E-state index is 12.6. The van der Waals surface area contributed by atoms with Crippen LogP contribution in [0.25, 0.3) is 0 Å². The molecule has 146 valence electrons. The molecule has 2 saturated heterocycles. The summed E-state index contributed by atoms with van der Waals surface area (Å²) in [5, 5.41) is 7.52. The van der Waals surface area contributed by atoms with Gasteiger partial charge in [0.1, 0.15) is 0 Å². The SMILES string of the molecule is CCN(Cc1cnn(CC)c1)C(=O)NC1CCN(CC2CCCO2)CC1. The first kappa shape index (κ1) is 19.2. The summed E-state index contributed by atoms with van der Waals surface area (Å²) in [6.45, 7) is 10.3. The van der Waals surface area contributed by atoms with Crippen LogP contribution in [0.1, 0.15) is 45.1 Å². The Morgan fingerprint density at radius 1 is 1.35 bits per heavy atom. The van der Waals surface area contributed by atoms with E-state index in [9.17, 15) is 4.79 Å². The Morgan fingerprint density at radius 2 is 2.15 bits per heavy atom. The van der Waals surface area contributed by atoms with Crippen LogP contribution in [0.4, 0.5) is 4.79 Å². The van der Waals surface area contributed by atoms with Crippen molar-refractivity contribution in [3.63, 3.8) is 0 Å². The van der Waals surface area contributed by atoms with E-state index in [4.69, 9.17) is 4.74 Å². The summed E-state index contributed by atoms with van der Waals surface area (Å²) < 4.78 is 7.63. The second kappa shape index (κ2) is 9.37. The van der Waals surface area contributed by atoms with Gasteiger partial charge in [-0.25, -0.2) is 4.79 Å². The van der Waals surface area contributed by atoms with E-state index in [2.05, 4.69) is 22.2 Å². The average molecular weight is 364 g/mol. The third kappa shape index (κ3) is 5.20. The van der Waals surface area contributed by atoms with E-state index in [-0.39, 0.29) is 12.1 Å². The number of amides is 2. The number of ether oxygens (including phenoxy) is 1. The van der Waals surface area contributed by atoms with Crippen LogP contribution in [-0.2, 0) is 17.8 Å². The van der Waals surface area contributed by atoms with Gasteiger partial charge in [0.15, 0.2) is 0 Å². The topological polar surface area (TPSA) is 62.6 Å². The Balaban J connectivity index is 1.41. The molecule has 0 radical (unpaired) electrons. The highest BCUT2D eigenvalue weighted by Crippen LogP contribution is 2.17. The zero-order valence-electron chi connectivity index (χ0n) is 16.2. The van der Waals surface area contributed by atoms with Gasteiger partial charge in [0.25, 0.3) is 0 Å². The number of urea groups is 1. The van der Waals surface area contributed by atoms with Crippen molar-refractivity contribution in [1.82, 2.24) is 24.9 Å². The fourth-order valence-corrected chi connectivity index (χ4v) is 3.81. The number of likely N-dealkylation sites (tertiary alicyclic amines) is 1. The molecule has 26 heavy (non-hydrogen) atoms. The standard InChI is InChI=1S/C19H33N5O2/c1-3-23(13-16-12-20-24(4-2)14-16)19(25)21-17-7-9-22(10-8-17)15-18-6-5-11-26-18/h12,14,17-18H,3-11,13,15H2,1-2H3,(H,21,25). The highest BCUT2D eigenvalue weighted by Gasteiger charge is 2.25. The predicted molar refractivity (Wildman–Crippen MR) is 101 cm³/mol. The molecule has 0 aromatic carbocycles. The second-order valence-corrected chi connectivity index (χ2v) is 7.38. The molecule has 1 aromatic rings. The molecule has 1 unspecified atom stereocenters. The number of hydrogen-bond donors (Lipinski definition) is 1. The lowest BCUT2D eigenvalue weighted by Gasteiger charge is -2.34. The van der Waals surface area contributed by atoms with Crippen molar-refractivity contribution in [2.24, 2.45) is 0 Å². The van der Waals surface area contributed by atoms with Crippen LogP contribution in [0, 0.1) is 0 Å². The molecule has 7 heteroatoms. The number of nitrogens with one attached hydrogen (secondary N) is 1. The minimum absolute atomic E-state index is 0.0364. The molecule has 3 heterocycles. The monoisotopic (exact) mass is 363 g/mol. The fraction of sp³-hybridized carbons (Fsp3) is 0.789. The van der Waals surface area contributed by atoms with Crippen LogP contribution in [0.15, 0.2) is 12.4 Å². The van der Waals surface area contributed by atoms with E-state index in [1.54, 1.807) is 0 Å². The van der Waals surface area contributed by atoms with Crippen molar-refractivity contribution in [2.75, 3.05) is 32.8 Å². The van der Waals surface area contributed by atoms with Gasteiger partial charge in [0.2, 0.25) is 0 Å². The minimum Gasteiger partial charge on any atom is -0.377 e. The lowest BCUT2D eigenvalue weighted by molar-refractivity contribution is 0.0628. The first-order valence-corrected chi connectivity index (χ1v) is 10.1. The van der Waals surface area contributed by atoms with Crippen molar-refractivity contribution < 1.29 is 9.53 Å². The van der Waals surface area contributed by atoms with E-state index in [0.29, 0.717) is 19.2 Å². The number of piperidine rings is 1. The number of aromatic nitrogens is 2. The van der Waals surface area contributed by atoms with Gasteiger partial charge in [-0.15, -0.1) is 0 Å². The zero-order chi connectivity index (χ0) is 18.4. The number of nitrogens with zero attached hydrogens (tertiary/aromatic N) is 4. The lowest BCUT2D eigenvalue weighted by atomic mass is 10.0. The molecule has 2 aliphatic heterocycles. The molecule has 1 atom stereocenters. The maximum absolute atomic E-state index is 12.6. The Labute approximate surface area is 156 Å². The lowest BCUT2D eigenvalue weighted by Crippen LogP contribution is -2.49. The first-order chi connectivity index (χ1) is 12.7. The molecule has 1 N–H and O–H groups in total. The van der Waals surface area contributed by atoms with Crippen LogP contribution in [0.2, 0.25) is 0 Å². The summed E-state index contributed by atoms with van der Waals surface area (Å²) >= 11 is 0. The fourth-order valence-electron chi connectivity index (χ4n) is 3.81. The van der Waals surface area contributed by atoms with Crippen LogP contribution < -0.4 is 5.32 Å². The summed E-state index contributed by atoms with van der Waals surface area (Å²) in [7, 11) is 0. The molecule has 2 amide bonds. The van der Waals surface area contributed by atoms with Crippen molar-refractivity contribution in [1.29, 1.82) is 0 Å². The minimum atomic E-state index is 0.0364. The van der Waals surface area contributed by atoms with Gasteiger partial charge < -0.3 is 19.9 Å². The molecule has 0 spiro atoms. The first-order valence-electron chi connectivity index (χ1n) is 10.1. The second-order valence-electron chi connectivity index (χ2n) is 7.38. The third-order valence-electron chi connectivity index (χ3n) is 5.45. The molecule has 0 aliphatic carbocycles. The smallest absolute Gasteiger partial charge is 0.317 e. The van der Waals surface area contributed by atoms with E-state index < -0.39 is 0 Å². The Bertz CT molecular complexity index is 562. The molecular formula is C19H33N5O2. The highest BCUT2D eigenvalue weighted by atomic mass is 16.5. The molecule has 1 aromatic heterocycles. The molecule has 3 rings (SSSR count). The van der Waals surface area contributed by atoms with Gasteiger partial charge in [-0.3, -0.25) is 4.68 Å². The molecule has 2 aliphatic rings. The van der Waals surface area contributed by atoms with Gasteiger partial charge in [-0.05, 0) is 39.5 Å². The predicted octanol–water partition coefficient (Wildman–Crippen LogP) is 2.08. The Hall–Kier alpha value is -1.60. The van der Waals surface area contributed by atoms with Gasteiger partial charge in [-0.1, -0.05) is 0 Å². The van der Waals surface area contributed by atoms with Gasteiger partial charge in [0.05, 0.1) is 18.8 Å². The molecule has 7 nitrogen and oxygen atoms in total. The average Bonchev–Trinajstić information content (AvgIpc) is 3.33. The van der Waals surface area contributed by atoms with Crippen molar-refractivity contribution in [3.05, 3.63) is 18.0 Å². The normalized spacial score (nSPS) is 21.8. The molecular weight excluding hydrogens is 330 g/mol. The number of carbonyl (C=O) groups excluding carboxylic acids is 1. The zero-order valence-corrected chi connectivity index (χ0v) is 16.2. The van der Waals surface area contributed by atoms with Crippen LogP contribution >= 0.6 is 0 Å². The van der Waals surface area contributed by atoms with Gasteiger partial charge >= 0.3 is 6.03 Å². The molecule has 0 bridgehead atoms. The maximum Gasteiger partial charge on any atom is 0.317 e. The van der Waals surface area contributed by atoms with E-state index in [1.165, 1.54) is 12.8 Å². The summed E-state index contributed by atoms with van der Waals surface area (Å²) in [4.78, 5) is 17.0. The van der Waals surface area contributed by atoms with Crippen molar-refractivity contribution in [3.8, 4) is 0 Å². The quantitative estimate of drug-likeness (QED) is 0.806. The summed E-state index contributed by atoms with van der Waals surface area (Å²) in [6.07, 6.45) is 8.70. The van der Waals surface area contributed by atoms with Crippen LogP contribution in [0.5, 0.6) is 0 Å². The summed E-state index contributed by atoms with van der Waals surface area (Å²) in [5.41, 5.74) is 1.08. The summed E-state index contributed by atoms with van der Waals surface area (Å²) in [6, 6.07) is 0.310. The Kier molecular flexibility index (Phi) is 6.91. The van der Waals surface area contributed by atoms with Crippen LogP contribution in [-0.4, -0.2) is 70.5 Å². The van der Waals surface area contributed by atoms with E-state index >= 15 is 0 Å². The van der Waals surface area contributed by atoms with E-state index in [0.717, 1.165) is 51.2 Å².